The summed E-state index contributed by atoms with van der Waals surface area (Å²) in [7, 11) is 0. The fraction of sp³-hybridized carbons (Fsp3) is 0.263. The Kier molecular flexibility index (Phi) is 6.23. The summed E-state index contributed by atoms with van der Waals surface area (Å²) in [4.78, 5) is 12.6. The average Bonchev–Trinajstić information content (AvgIpc) is 3.05. The van der Waals surface area contributed by atoms with Crippen LogP contribution in [0.5, 0.6) is 5.75 Å². The minimum atomic E-state index is -3.48. The first-order valence-electron chi connectivity index (χ1n) is 8.38. The monoisotopic (exact) mass is 474 g/mol. The number of alkyl halides is 4. The molecule has 10 heteroatoms. The Hall–Kier alpha value is -2.46. The number of amides is 1. The normalized spacial score (nSPS) is 19.0. The van der Waals surface area contributed by atoms with Crippen molar-refractivity contribution in [2.45, 2.75) is 31.6 Å². The number of aliphatic hydroxyl groups is 1. The van der Waals surface area contributed by atoms with E-state index in [1.807, 2.05) is 6.07 Å². The highest BCUT2D eigenvalue weighted by Gasteiger charge is 2.53. The lowest BCUT2D eigenvalue weighted by atomic mass is 10.1. The molecular weight excluding hydrogens is 460 g/mol. The van der Waals surface area contributed by atoms with Gasteiger partial charge in [-0.15, -0.1) is 0 Å². The lowest BCUT2D eigenvalue weighted by molar-refractivity contribution is -0.164. The van der Waals surface area contributed by atoms with Gasteiger partial charge in [-0.1, -0.05) is 34.1 Å². The standard InChI is InChI=1S/C19H15BrF4N2O3/c20-13-5-2-6-14(8-13)29-10-11-3-1-4-12(7-11)17(27)26-19(28,18(23)24)9-15(25-26)16(21)22/h1-8,16,18,28H,9-10H2/t19-/m1/s1. The fourth-order valence-corrected chi connectivity index (χ4v) is 3.12. The number of nitrogens with zero attached hydrogens (tertiary/aromatic N) is 2. The summed E-state index contributed by atoms with van der Waals surface area (Å²) in [5.74, 6) is -0.554. The predicted molar refractivity (Wildman–Crippen MR) is 100 cm³/mol. The number of hydrazone groups is 1. The number of halogens is 5. The molecule has 0 aromatic heterocycles. The number of hydrogen-bond donors (Lipinski definition) is 1. The van der Waals surface area contributed by atoms with E-state index in [1.54, 1.807) is 24.3 Å². The van der Waals surface area contributed by atoms with E-state index in [4.69, 9.17) is 4.74 Å². The van der Waals surface area contributed by atoms with Crippen LogP contribution in [0.1, 0.15) is 22.3 Å². The van der Waals surface area contributed by atoms with Gasteiger partial charge in [0.25, 0.3) is 18.8 Å². The lowest BCUT2D eigenvalue weighted by Gasteiger charge is -2.30. The van der Waals surface area contributed by atoms with Gasteiger partial charge in [0.15, 0.2) is 0 Å². The summed E-state index contributed by atoms with van der Waals surface area (Å²) in [6, 6.07) is 12.9. The Morgan fingerprint density at radius 1 is 1.21 bits per heavy atom. The predicted octanol–water partition coefficient (Wildman–Crippen LogP) is 4.45. The van der Waals surface area contributed by atoms with Crippen LogP contribution in [0.4, 0.5) is 17.6 Å². The van der Waals surface area contributed by atoms with E-state index in [2.05, 4.69) is 21.0 Å². The van der Waals surface area contributed by atoms with E-state index < -0.39 is 36.6 Å². The van der Waals surface area contributed by atoms with Gasteiger partial charge in [-0.25, -0.2) is 17.6 Å². The Morgan fingerprint density at radius 3 is 2.59 bits per heavy atom. The van der Waals surface area contributed by atoms with Crippen LogP contribution in [0.15, 0.2) is 58.1 Å². The zero-order chi connectivity index (χ0) is 21.2. The first-order valence-corrected chi connectivity index (χ1v) is 9.18. The molecule has 154 valence electrons. The molecule has 1 amide bonds. The van der Waals surface area contributed by atoms with Crippen LogP contribution in [0.3, 0.4) is 0 Å². The van der Waals surface area contributed by atoms with Crippen LogP contribution >= 0.6 is 15.9 Å². The number of carbonyl (C=O) groups excluding carboxylic acids is 1. The molecule has 0 spiro atoms. The second-order valence-electron chi connectivity index (χ2n) is 6.31. The molecule has 0 saturated carbocycles. The molecule has 1 aliphatic heterocycles. The molecule has 1 N–H and O–H groups in total. The van der Waals surface area contributed by atoms with E-state index in [9.17, 15) is 27.5 Å². The molecule has 1 atom stereocenters. The van der Waals surface area contributed by atoms with E-state index >= 15 is 0 Å². The van der Waals surface area contributed by atoms with Crippen molar-refractivity contribution in [2.75, 3.05) is 0 Å². The van der Waals surface area contributed by atoms with Crippen molar-refractivity contribution in [3.05, 3.63) is 64.1 Å². The summed E-state index contributed by atoms with van der Waals surface area (Å²) in [6.07, 6.45) is -7.77. The van der Waals surface area contributed by atoms with Crippen molar-refractivity contribution in [3.63, 3.8) is 0 Å². The highest BCUT2D eigenvalue weighted by atomic mass is 79.9. The molecular formula is C19H15BrF4N2O3. The van der Waals surface area contributed by atoms with Crippen molar-refractivity contribution in [1.29, 1.82) is 0 Å². The Bertz CT molecular complexity index is 941. The third-order valence-corrected chi connectivity index (χ3v) is 4.70. The fourth-order valence-electron chi connectivity index (χ4n) is 2.74. The van der Waals surface area contributed by atoms with Gasteiger partial charge in [-0.3, -0.25) is 4.79 Å². The van der Waals surface area contributed by atoms with E-state index in [1.165, 1.54) is 18.2 Å². The van der Waals surface area contributed by atoms with Gasteiger partial charge < -0.3 is 9.84 Å². The molecule has 0 fully saturated rings. The Morgan fingerprint density at radius 2 is 1.93 bits per heavy atom. The summed E-state index contributed by atoms with van der Waals surface area (Å²) in [5.41, 5.74) is -3.66. The minimum Gasteiger partial charge on any atom is -0.489 e. The maximum atomic E-state index is 13.3. The summed E-state index contributed by atoms with van der Waals surface area (Å²) in [6.45, 7) is 0.0717. The maximum absolute atomic E-state index is 13.3. The van der Waals surface area contributed by atoms with E-state index in [0.717, 1.165) is 4.47 Å². The van der Waals surface area contributed by atoms with Crippen LogP contribution in [0, 0.1) is 0 Å². The zero-order valence-corrected chi connectivity index (χ0v) is 16.3. The number of carbonyl (C=O) groups is 1. The molecule has 0 unspecified atom stereocenters. The van der Waals surface area contributed by atoms with E-state index in [-0.39, 0.29) is 17.2 Å². The number of hydrogen-bond acceptors (Lipinski definition) is 4. The second-order valence-corrected chi connectivity index (χ2v) is 7.23. The van der Waals surface area contributed by atoms with Crippen LogP contribution in [-0.4, -0.2) is 40.3 Å². The van der Waals surface area contributed by atoms with Gasteiger partial charge in [0.1, 0.15) is 18.1 Å². The molecule has 0 radical (unpaired) electrons. The van der Waals surface area contributed by atoms with Gasteiger partial charge >= 0.3 is 0 Å². The Labute approximate surface area is 171 Å². The minimum absolute atomic E-state index is 0.0352. The summed E-state index contributed by atoms with van der Waals surface area (Å²) < 4.78 is 58.9. The first-order chi connectivity index (χ1) is 13.7. The van der Waals surface area contributed by atoms with Gasteiger partial charge in [0.2, 0.25) is 5.72 Å². The molecule has 1 heterocycles. The molecule has 5 nitrogen and oxygen atoms in total. The molecule has 29 heavy (non-hydrogen) atoms. The molecule has 0 bridgehead atoms. The SMILES string of the molecule is O=C(c1cccc(COc2cccc(Br)c2)c1)N1N=C(C(F)F)C[C@@]1(O)C(F)F. The van der Waals surface area contributed by atoms with Gasteiger partial charge in [0, 0.05) is 16.5 Å². The van der Waals surface area contributed by atoms with Gasteiger partial charge in [-0.05, 0) is 35.9 Å². The largest absolute Gasteiger partial charge is 0.489 e. The molecule has 0 saturated heterocycles. The van der Waals surface area contributed by atoms with Crippen molar-refractivity contribution in [2.24, 2.45) is 5.10 Å². The molecule has 0 aliphatic carbocycles. The number of rotatable bonds is 6. The second kappa shape index (κ2) is 8.50. The Balaban J connectivity index is 1.81. The molecule has 2 aromatic carbocycles. The molecule has 2 aromatic rings. The smallest absolute Gasteiger partial charge is 0.287 e. The molecule has 1 aliphatic rings. The van der Waals surface area contributed by atoms with Crippen LogP contribution in [0.25, 0.3) is 0 Å². The third kappa shape index (κ3) is 4.59. The summed E-state index contributed by atoms with van der Waals surface area (Å²) >= 11 is 3.31. The number of ether oxygens (including phenoxy) is 1. The van der Waals surface area contributed by atoms with Crippen LogP contribution < -0.4 is 4.74 Å². The molecule has 3 rings (SSSR count). The van der Waals surface area contributed by atoms with E-state index in [0.29, 0.717) is 11.3 Å². The quantitative estimate of drug-likeness (QED) is 0.629. The van der Waals surface area contributed by atoms with Crippen LogP contribution in [-0.2, 0) is 6.61 Å². The topological polar surface area (TPSA) is 62.1 Å². The van der Waals surface area contributed by atoms with Gasteiger partial charge in [-0.2, -0.15) is 10.1 Å². The van der Waals surface area contributed by atoms with Crippen molar-refractivity contribution < 1.29 is 32.2 Å². The first kappa shape index (κ1) is 21.3. The highest BCUT2D eigenvalue weighted by Crippen LogP contribution is 2.34. The van der Waals surface area contributed by atoms with Crippen molar-refractivity contribution >= 4 is 27.5 Å². The zero-order valence-electron chi connectivity index (χ0n) is 14.7. The highest BCUT2D eigenvalue weighted by molar-refractivity contribution is 9.10. The van der Waals surface area contributed by atoms with Crippen LogP contribution in [0.2, 0.25) is 0 Å². The third-order valence-electron chi connectivity index (χ3n) is 4.21. The van der Waals surface area contributed by atoms with Gasteiger partial charge in [0.05, 0.1) is 0 Å². The number of benzene rings is 2. The maximum Gasteiger partial charge on any atom is 0.287 e. The van der Waals surface area contributed by atoms with Crippen molar-refractivity contribution in [3.8, 4) is 5.75 Å². The van der Waals surface area contributed by atoms with Crippen molar-refractivity contribution in [1.82, 2.24) is 5.01 Å². The summed E-state index contributed by atoms with van der Waals surface area (Å²) in [5, 5.41) is 13.4. The lowest BCUT2D eigenvalue weighted by Crippen LogP contribution is -2.51. The average molecular weight is 475 g/mol.